The summed E-state index contributed by atoms with van der Waals surface area (Å²) < 4.78 is 76.0. The first-order chi connectivity index (χ1) is 18.1. The molecule has 0 fully saturated rings. The molecule has 39 heavy (non-hydrogen) atoms. The van der Waals surface area contributed by atoms with Crippen molar-refractivity contribution in [1.82, 2.24) is 18.8 Å². The van der Waals surface area contributed by atoms with Gasteiger partial charge in [-0.15, -0.1) is 0 Å². The number of aryl methyl sites for hydroxylation is 1. The average molecular weight is 583 g/mol. The lowest BCUT2D eigenvalue weighted by atomic mass is 10.0. The molecule has 0 aliphatic heterocycles. The van der Waals surface area contributed by atoms with Crippen molar-refractivity contribution < 1.29 is 31.1 Å². The van der Waals surface area contributed by atoms with Crippen LogP contribution in [0.1, 0.15) is 11.3 Å². The number of ether oxygens (including phenoxy) is 1. The second-order valence-corrected chi connectivity index (χ2v) is 11.5. The molecule has 10 nitrogen and oxygen atoms in total. The van der Waals surface area contributed by atoms with Crippen LogP contribution in [-0.2, 0) is 27.9 Å². The Balaban J connectivity index is 1.91. The Morgan fingerprint density at radius 3 is 2.44 bits per heavy atom. The van der Waals surface area contributed by atoms with Gasteiger partial charge in [0.1, 0.15) is 11.4 Å². The molecule has 2 heterocycles. The Morgan fingerprint density at radius 2 is 1.82 bits per heavy atom. The molecule has 0 saturated heterocycles. The highest BCUT2D eigenvalue weighted by Crippen LogP contribution is 2.38. The van der Waals surface area contributed by atoms with Gasteiger partial charge in [-0.25, -0.2) is 17.8 Å². The number of hydrogen-bond donors (Lipinski definition) is 1. The molecule has 2 aromatic heterocycles. The number of sulfone groups is 1. The zero-order chi connectivity index (χ0) is 28.9. The summed E-state index contributed by atoms with van der Waals surface area (Å²) >= 11 is 1.06. The van der Waals surface area contributed by atoms with E-state index in [-0.39, 0.29) is 17.1 Å². The second-order valence-electron chi connectivity index (χ2n) is 8.65. The van der Waals surface area contributed by atoms with Gasteiger partial charge in [-0.1, -0.05) is 11.6 Å². The van der Waals surface area contributed by atoms with E-state index in [2.05, 4.69) is 9.69 Å². The molecule has 1 N–H and O–H groups in total. The van der Waals surface area contributed by atoms with Gasteiger partial charge in [0.25, 0.3) is 16.9 Å². The van der Waals surface area contributed by atoms with E-state index in [1.165, 1.54) is 25.2 Å². The zero-order valence-electron chi connectivity index (χ0n) is 20.9. The Bertz CT molecular complexity index is 1840. The van der Waals surface area contributed by atoms with Crippen LogP contribution in [0.4, 0.5) is 13.2 Å². The van der Waals surface area contributed by atoms with Crippen molar-refractivity contribution in [2.75, 3.05) is 13.3 Å². The third-order valence-electron chi connectivity index (χ3n) is 5.80. The maximum absolute atomic E-state index is 13.3. The van der Waals surface area contributed by atoms with Crippen LogP contribution in [0.5, 0.6) is 5.75 Å². The van der Waals surface area contributed by atoms with Crippen molar-refractivity contribution in [3.63, 3.8) is 0 Å². The standard InChI is InChI=1S/C24H21F3N4O6S2/c1-12-5-7-16(37-22(21(33)28-2)39(4,35)36)14(9-12)20-15-10-13(6-8-17(15)38-29-20)31-19(32)11-18(24(25,26)27)30(3)23(31)34/h5-11,22H,1-4H3,(H,28,33). The van der Waals surface area contributed by atoms with E-state index in [0.717, 1.165) is 30.4 Å². The SMILES string of the molecule is CNC(=O)C(Oc1ccc(C)cc1-c1nsc2ccc(-n3c(=O)cc(C(F)(F)F)n(C)c3=O)cc12)S(C)(=O)=O. The molecular weight excluding hydrogens is 561 g/mol. The van der Waals surface area contributed by atoms with Crippen molar-refractivity contribution >= 4 is 37.4 Å². The summed E-state index contributed by atoms with van der Waals surface area (Å²) in [6.45, 7) is 1.77. The van der Waals surface area contributed by atoms with Crippen molar-refractivity contribution in [2.24, 2.45) is 7.05 Å². The number of carbonyl (C=O) groups excluding carboxylic acids is 1. The molecule has 0 saturated carbocycles. The summed E-state index contributed by atoms with van der Waals surface area (Å²) in [6, 6.07) is 9.50. The fraction of sp³-hybridized carbons (Fsp3) is 0.250. The fourth-order valence-corrected chi connectivity index (χ4v) is 5.45. The van der Waals surface area contributed by atoms with Crippen molar-refractivity contribution in [2.45, 2.75) is 18.5 Å². The van der Waals surface area contributed by atoms with Gasteiger partial charge < -0.3 is 10.1 Å². The Kier molecular flexibility index (Phi) is 7.16. The first-order valence-corrected chi connectivity index (χ1v) is 13.8. The zero-order valence-corrected chi connectivity index (χ0v) is 22.5. The average Bonchev–Trinajstić information content (AvgIpc) is 3.27. The summed E-state index contributed by atoms with van der Waals surface area (Å²) in [4.78, 5) is 37.7. The van der Waals surface area contributed by atoms with Gasteiger partial charge in [-0.05, 0) is 48.8 Å². The van der Waals surface area contributed by atoms with Crippen LogP contribution < -0.4 is 21.3 Å². The largest absolute Gasteiger partial charge is 0.464 e. The quantitative estimate of drug-likeness (QED) is 0.370. The summed E-state index contributed by atoms with van der Waals surface area (Å²) in [5.74, 6) is -0.855. The van der Waals surface area contributed by atoms with Crippen LogP contribution in [0.3, 0.4) is 0 Å². The number of nitrogens with zero attached hydrogens (tertiary/aromatic N) is 3. The van der Waals surface area contributed by atoms with Crippen LogP contribution in [-0.4, -0.2) is 46.6 Å². The number of nitrogens with one attached hydrogen (secondary N) is 1. The number of rotatable bonds is 6. The molecule has 0 radical (unpaired) electrons. The predicted octanol–water partition coefficient (Wildman–Crippen LogP) is 2.64. The minimum atomic E-state index is -4.90. The van der Waals surface area contributed by atoms with Gasteiger partial charge in [-0.2, -0.15) is 17.5 Å². The van der Waals surface area contributed by atoms with Gasteiger partial charge in [0.15, 0.2) is 9.84 Å². The maximum atomic E-state index is 13.3. The van der Waals surface area contributed by atoms with E-state index in [9.17, 15) is 36.0 Å². The Morgan fingerprint density at radius 1 is 1.13 bits per heavy atom. The van der Waals surface area contributed by atoms with Crippen LogP contribution in [0.25, 0.3) is 27.0 Å². The molecule has 15 heteroatoms. The summed E-state index contributed by atoms with van der Waals surface area (Å²) in [5, 5.41) is 2.66. The first kappa shape index (κ1) is 28.0. The monoisotopic (exact) mass is 582 g/mol. The number of fused-ring (bicyclic) bond motifs is 1. The van der Waals surface area contributed by atoms with E-state index >= 15 is 0 Å². The molecule has 1 unspecified atom stereocenters. The highest BCUT2D eigenvalue weighted by Gasteiger charge is 2.35. The number of likely N-dealkylation sites (N-methyl/N-ethyl adjacent to an activating group) is 1. The van der Waals surface area contributed by atoms with Gasteiger partial charge in [0, 0.05) is 37.4 Å². The second kappa shape index (κ2) is 9.96. The number of aromatic nitrogens is 3. The molecule has 0 bridgehead atoms. The smallest absolute Gasteiger partial charge is 0.431 e. The lowest BCUT2D eigenvalue weighted by Gasteiger charge is -2.18. The number of carbonyl (C=O) groups is 1. The van der Waals surface area contributed by atoms with Gasteiger partial charge in [0.05, 0.1) is 16.1 Å². The summed E-state index contributed by atoms with van der Waals surface area (Å²) in [7, 11) is -1.81. The number of amides is 1. The molecule has 0 aliphatic carbocycles. The number of halogens is 3. The molecule has 2 aromatic carbocycles. The summed E-state index contributed by atoms with van der Waals surface area (Å²) in [5.41, 5.74) is -4.24. The lowest BCUT2D eigenvalue weighted by molar-refractivity contribution is -0.144. The van der Waals surface area contributed by atoms with Crippen molar-refractivity contribution in [1.29, 1.82) is 0 Å². The van der Waals surface area contributed by atoms with E-state index in [1.807, 2.05) is 0 Å². The topological polar surface area (TPSA) is 129 Å². The normalized spacial score (nSPS) is 12.9. The van der Waals surface area contributed by atoms with Gasteiger partial charge in [-0.3, -0.25) is 14.2 Å². The maximum Gasteiger partial charge on any atom is 0.431 e. The van der Waals surface area contributed by atoms with E-state index in [0.29, 0.717) is 30.9 Å². The molecule has 4 rings (SSSR count). The molecule has 206 valence electrons. The first-order valence-electron chi connectivity index (χ1n) is 11.1. The Hall–Kier alpha value is -3.98. The van der Waals surface area contributed by atoms with E-state index in [4.69, 9.17) is 4.74 Å². The van der Waals surface area contributed by atoms with Crippen molar-refractivity contribution in [3.05, 3.63) is 74.6 Å². The molecule has 1 atom stereocenters. The minimum Gasteiger partial charge on any atom is -0.464 e. The lowest BCUT2D eigenvalue weighted by Crippen LogP contribution is -2.41. The Labute approximate surface area is 223 Å². The highest BCUT2D eigenvalue weighted by atomic mass is 32.2. The van der Waals surface area contributed by atoms with Crippen LogP contribution in [0, 0.1) is 6.92 Å². The van der Waals surface area contributed by atoms with Crippen LogP contribution in [0.15, 0.2) is 52.1 Å². The van der Waals surface area contributed by atoms with E-state index < -0.39 is 44.3 Å². The fourth-order valence-electron chi connectivity index (χ4n) is 3.90. The third kappa shape index (κ3) is 5.31. The molecule has 0 aliphatic rings. The third-order valence-corrected chi connectivity index (χ3v) is 7.71. The van der Waals surface area contributed by atoms with Gasteiger partial charge in [0.2, 0.25) is 0 Å². The van der Waals surface area contributed by atoms with E-state index in [1.54, 1.807) is 25.1 Å². The van der Waals surface area contributed by atoms with Crippen molar-refractivity contribution in [3.8, 4) is 22.7 Å². The minimum absolute atomic E-state index is 0.00207. The van der Waals surface area contributed by atoms with Crippen LogP contribution >= 0.6 is 11.5 Å². The molecule has 1 amide bonds. The molecular formula is C24H21F3N4O6S2. The summed E-state index contributed by atoms with van der Waals surface area (Å²) in [6.07, 6.45) is -4.05. The predicted molar refractivity (Wildman–Crippen MR) is 139 cm³/mol. The molecule has 0 spiro atoms. The number of alkyl halides is 3. The van der Waals surface area contributed by atoms with Crippen LogP contribution in [0.2, 0.25) is 0 Å². The highest BCUT2D eigenvalue weighted by molar-refractivity contribution is 7.91. The van der Waals surface area contributed by atoms with Gasteiger partial charge >= 0.3 is 11.9 Å². The number of benzene rings is 2. The number of hydrogen-bond acceptors (Lipinski definition) is 8. The molecule has 4 aromatic rings.